The Kier molecular flexibility index (Phi) is 9.91. The first-order valence-electron chi connectivity index (χ1n) is 11.7. The van der Waals surface area contributed by atoms with Gasteiger partial charge in [-0.25, -0.2) is 4.79 Å². The highest BCUT2D eigenvalue weighted by Crippen LogP contribution is 2.44. The average Bonchev–Trinajstić information content (AvgIpc) is 3.15. The van der Waals surface area contributed by atoms with Crippen molar-refractivity contribution < 1.29 is 29.0 Å². The number of carboxylic acids is 1. The summed E-state index contributed by atoms with van der Waals surface area (Å²) < 4.78 is 10.7. The van der Waals surface area contributed by atoms with Crippen LogP contribution in [0, 0.1) is 0 Å². The van der Waals surface area contributed by atoms with E-state index >= 15 is 0 Å². The molecule has 0 saturated carbocycles. The van der Waals surface area contributed by atoms with Gasteiger partial charge in [0.25, 0.3) is 0 Å². The van der Waals surface area contributed by atoms with Gasteiger partial charge in [-0.15, -0.1) is 0 Å². The van der Waals surface area contributed by atoms with Gasteiger partial charge in [0.05, 0.1) is 6.61 Å². The van der Waals surface area contributed by atoms with Gasteiger partial charge in [0.1, 0.15) is 13.2 Å². The second-order valence-corrected chi connectivity index (χ2v) is 8.21. The standard InChI is InChI=1S/C26H32N2O6/c29-24(27-14-8-2-1-3-13-25(30)31)18-33-16-15-28-26(32)34-17-23-21-11-6-4-9-19(21)20-10-5-7-12-22(20)23/h4-7,9-12,23H,1-3,8,13-18H2,(H,27,29)(H,28,32)(H,30,31). The lowest BCUT2D eigenvalue weighted by Crippen LogP contribution is -2.32. The first-order chi connectivity index (χ1) is 16.6. The van der Waals surface area contributed by atoms with E-state index in [1.807, 2.05) is 24.3 Å². The summed E-state index contributed by atoms with van der Waals surface area (Å²) in [5, 5.41) is 14.0. The zero-order valence-electron chi connectivity index (χ0n) is 19.3. The quantitative estimate of drug-likeness (QED) is 0.365. The minimum absolute atomic E-state index is 0.00951. The van der Waals surface area contributed by atoms with Crippen LogP contribution in [0.25, 0.3) is 11.1 Å². The van der Waals surface area contributed by atoms with E-state index in [4.69, 9.17) is 14.6 Å². The molecular weight excluding hydrogens is 436 g/mol. The highest BCUT2D eigenvalue weighted by molar-refractivity contribution is 5.79. The number of rotatable bonds is 14. The molecule has 0 bridgehead atoms. The van der Waals surface area contributed by atoms with E-state index in [-0.39, 0.29) is 44.6 Å². The maximum absolute atomic E-state index is 12.1. The summed E-state index contributed by atoms with van der Waals surface area (Å²) in [5.41, 5.74) is 4.67. The van der Waals surface area contributed by atoms with E-state index in [0.29, 0.717) is 13.0 Å². The van der Waals surface area contributed by atoms with Crippen molar-refractivity contribution in [1.29, 1.82) is 0 Å². The molecule has 2 aromatic rings. The van der Waals surface area contributed by atoms with E-state index in [1.165, 1.54) is 11.1 Å². The smallest absolute Gasteiger partial charge is 0.407 e. The number of aliphatic carboxylic acids is 1. The normalized spacial score (nSPS) is 12.0. The van der Waals surface area contributed by atoms with E-state index in [0.717, 1.165) is 30.4 Å². The fourth-order valence-corrected chi connectivity index (χ4v) is 4.07. The summed E-state index contributed by atoms with van der Waals surface area (Å²) in [4.78, 5) is 34.3. The topological polar surface area (TPSA) is 114 Å². The Balaban J connectivity index is 1.25. The lowest BCUT2D eigenvalue weighted by molar-refractivity contribution is -0.137. The van der Waals surface area contributed by atoms with Crippen molar-refractivity contribution in [3.8, 4) is 11.1 Å². The van der Waals surface area contributed by atoms with Crippen LogP contribution in [0.15, 0.2) is 48.5 Å². The average molecular weight is 469 g/mol. The van der Waals surface area contributed by atoms with Gasteiger partial charge in [0.2, 0.25) is 5.91 Å². The van der Waals surface area contributed by atoms with Crippen molar-refractivity contribution in [3.05, 3.63) is 59.7 Å². The molecule has 34 heavy (non-hydrogen) atoms. The Bertz CT molecular complexity index is 932. The Morgan fingerprint density at radius 3 is 2.15 bits per heavy atom. The molecule has 0 spiro atoms. The number of hydrogen-bond donors (Lipinski definition) is 3. The SMILES string of the molecule is O=C(O)CCCCCCNC(=O)COCCNC(=O)OCC1c2ccccc2-c2ccccc21. The molecule has 1 aliphatic carbocycles. The second kappa shape index (κ2) is 13.3. The third-order valence-corrected chi connectivity index (χ3v) is 5.73. The Hall–Kier alpha value is -3.39. The number of carboxylic acid groups (broad SMARTS) is 1. The maximum atomic E-state index is 12.1. The van der Waals surface area contributed by atoms with Crippen molar-refractivity contribution in [2.24, 2.45) is 0 Å². The Morgan fingerprint density at radius 2 is 1.47 bits per heavy atom. The summed E-state index contributed by atoms with van der Waals surface area (Å²) in [5.74, 6) is -0.986. The van der Waals surface area contributed by atoms with Crippen molar-refractivity contribution in [3.63, 3.8) is 0 Å². The number of alkyl carbamates (subject to hydrolysis) is 1. The predicted molar refractivity (Wildman–Crippen MR) is 128 cm³/mol. The zero-order chi connectivity index (χ0) is 24.2. The molecule has 0 heterocycles. The molecule has 3 N–H and O–H groups in total. The van der Waals surface area contributed by atoms with E-state index in [2.05, 4.69) is 34.9 Å². The van der Waals surface area contributed by atoms with Crippen LogP contribution in [0.3, 0.4) is 0 Å². The molecule has 0 atom stereocenters. The highest BCUT2D eigenvalue weighted by Gasteiger charge is 2.28. The van der Waals surface area contributed by atoms with Crippen LogP contribution in [0.1, 0.15) is 49.1 Å². The minimum Gasteiger partial charge on any atom is -0.481 e. The molecule has 3 rings (SSSR count). The van der Waals surface area contributed by atoms with Crippen LogP contribution in [0.5, 0.6) is 0 Å². The predicted octanol–water partition coefficient (Wildman–Crippen LogP) is 3.69. The minimum atomic E-state index is -0.779. The van der Waals surface area contributed by atoms with E-state index in [1.54, 1.807) is 0 Å². The molecule has 8 heteroatoms. The zero-order valence-corrected chi connectivity index (χ0v) is 19.3. The van der Waals surface area contributed by atoms with Gasteiger partial charge in [-0.2, -0.15) is 0 Å². The molecule has 182 valence electrons. The molecule has 0 unspecified atom stereocenters. The first-order valence-corrected chi connectivity index (χ1v) is 11.7. The van der Waals surface area contributed by atoms with Gasteiger partial charge in [-0.1, -0.05) is 61.4 Å². The molecule has 0 aliphatic heterocycles. The monoisotopic (exact) mass is 468 g/mol. The van der Waals surface area contributed by atoms with Crippen molar-refractivity contribution in [2.45, 2.75) is 38.0 Å². The van der Waals surface area contributed by atoms with Gasteiger partial charge in [-0.3, -0.25) is 9.59 Å². The number of amides is 2. The number of hydrogen-bond acceptors (Lipinski definition) is 5. The Morgan fingerprint density at radius 1 is 0.824 bits per heavy atom. The highest BCUT2D eigenvalue weighted by atomic mass is 16.5. The maximum Gasteiger partial charge on any atom is 0.407 e. The summed E-state index contributed by atoms with van der Waals surface area (Å²) in [7, 11) is 0. The van der Waals surface area contributed by atoms with E-state index in [9.17, 15) is 14.4 Å². The lowest BCUT2D eigenvalue weighted by atomic mass is 9.98. The van der Waals surface area contributed by atoms with E-state index < -0.39 is 12.1 Å². The number of unbranched alkanes of at least 4 members (excludes halogenated alkanes) is 3. The van der Waals surface area contributed by atoms with Crippen LogP contribution in [-0.4, -0.2) is 56.0 Å². The number of fused-ring (bicyclic) bond motifs is 3. The largest absolute Gasteiger partial charge is 0.481 e. The molecule has 2 aromatic carbocycles. The molecular formula is C26H32N2O6. The van der Waals surface area contributed by atoms with Gasteiger partial charge >= 0.3 is 12.1 Å². The summed E-state index contributed by atoms with van der Waals surface area (Å²) in [6, 6.07) is 16.3. The van der Waals surface area contributed by atoms with Gasteiger partial charge < -0.3 is 25.2 Å². The van der Waals surface area contributed by atoms with Crippen molar-refractivity contribution in [1.82, 2.24) is 10.6 Å². The van der Waals surface area contributed by atoms with Gasteiger partial charge in [0, 0.05) is 25.4 Å². The Labute approximate surface area is 199 Å². The molecule has 1 aliphatic rings. The number of ether oxygens (including phenoxy) is 2. The van der Waals surface area contributed by atoms with Crippen LogP contribution in [-0.2, 0) is 19.1 Å². The summed E-state index contributed by atoms with van der Waals surface area (Å²) >= 11 is 0. The second-order valence-electron chi connectivity index (χ2n) is 8.21. The lowest BCUT2D eigenvalue weighted by Gasteiger charge is -2.14. The fraction of sp³-hybridized carbons (Fsp3) is 0.423. The summed E-state index contributed by atoms with van der Waals surface area (Å²) in [6.45, 7) is 1.15. The molecule has 0 saturated heterocycles. The van der Waals surface area contributed by atoms with Gasteiger partial charge in [0.15, 0.2) is 0 Å². The molecule has 8 nitrogen and oxygen atoms in total. The number of nitrogens with one attached hydrogen (secondary N) is 2. The number of benzene rings is 2. The number of carbonyl (C=O) groups is 3. The fourth-order valence-electron chi connectivity index (χ4n) is 4.07. The summed E-state index contributed by atoms with van der Waals surface area (Å²) in [6.07, 6.45) is 2.83. The van der Waals surface area contributed by atoms with Gasteiger partial charge in [-0.05, 0) is 35.1 Å². The van der Waals surface area contributed by atoms with Crippen molar-refractivity contribution >= 4 is 18.0 Å². The third-order valence-electron chi connectivity index (χ3n) is 5.73. The first kappa shape index (κ1) is 25.2. The third kappa shape index (κ3) is 7.59. The van der Waals surface area contributed by atoms with Crippen LogP contribution in [0.4, 0.5) is 4.79 Å². The van der Waals surface area contributed by atoms with Crippen LogP contribution < -0.4 is 10.6 Å². The molecule has 0 fully saturated rings. The number of carbonyl (C=O) groups excluding carboxylic acids is 2. The van der Waals surface area contributed by atoms with Crippen molar-refractivity contribution in [2.75, 3.05) is 32.9 Å². The van der Waals surface area contributed by atoms with Crippen LogP contribution in [0.2, 0.25) is 0 Å². The molecule has 2 amide bonds. The van der Waals surface area contributed by atoms with Crippen LogP contribution >= 0.6 is 0 Å². The molecule has 0 radical (unpaired) electrons. The molecule has 0 aromatic heterocycles.